The third kappa shape index (κ3) is 3.33. The van der Waals surface area contributed by atoms with Crippen LogP contribution in [0.5, 0.6) is 0 Å². The van der Waals surface area contributed by atoms with E-state index < -0.39 is 17.1 Å². The number of non-ortho nitro benzene ring substituents is 1. The number of nitrogens with zero attached hydrogens (tertiary/aromatic N) is 1. The van der Waals surface area contributed by atoms with Crippen molar-refractivity contribution in [2.24, 2.45) is 0 Å². The minimum absolute atomic E-state index is 0.00212. The van der Waals surface area contributed by atoms with E-state index in [-0.39, 0.29) is 11.6 Å². The quantitative estimate of drug-likeness (QED) is 0.513. The summed E-state index contributed by atoms with van der Waals surface area (Å²) >= 11 is 0. The summed E-state index contributed by atoms with van der Waals surface area (Å²) in [6.45, 7) is 0. The van der Waals surface area contributed by atoms with Gasteiger partial charge in [0.05, 0.1) is 17.1 Å². The molecule has 0 fully saturated rings. The Labute approximate surface area is 138 Å². The van der Waals surface area contributed by atoms with Crippen LogP contribution in [0.3, 0.4) is 0 Å². The van der Waals surface area contributed by atoms with Crippen LogP contribution >= 0.6 is 0 Å². The molecule has 2 aromatic rings. The van der Waals surface area contributed by atoms with Crippen LogP contribution in [0.1, 0.15) is 22.7 Å². The van der Waals surface area contributed by atoms with Crippen molar-refractivity contribution >= 4 is 17.7 Å². The average molecular weight is 324 g/mol. The minimum atomic E-state index is -0.640. The summed E-state index contributed by atoms with van der Waals surface area (Å²) in [7, 11) is 0. The van der Waals surface area contributed by atoms with E-state index in [9.17, 15) is 20.0 Å². The highest BCUT2D eigenvalue weighted by Gasteiger charge is 2.31. The van der Waals surface area contributed by atoms with E-state index >= 15 is 0 Å². The lowest BCUT2D eigenvalue weighted by molar-refractivity contribution is -0.384. The number of hydrogen-bond acceptors (Lipinski definition) is 4. The molecule has 0 heterocycles. The zero-order valence-electron chi connectivity index (χ0n) is 12.8. The van der Waals surface area contributed by atoms with E-state index in [0.29, 0.717) is 12.0 Å². The van der Waals surface area contributed by atoms with Gasteiger partial charge in [-0.05, 0) is 34.9 Å². The SMILES string of the molecule is O=C(/C=C/c1ccc([N+](=O)[O-])cc1)NC1c2ccccc2CC1O. The van der Waals surface area contributed by atoms with Crippen LogP contribution in [-0.2, 0) is 11.2 Å². The highest BCUT2D eigenvalue weighted by molar-refractivity contribution is 5.92. The first kappa shape index (κ1) is 15.9. The Morgan fingerprint density at radius 1 is 1.21 bits per heavy atom. The number of aliphatic hydroxyl groups excluding tert-OH is 1. The Balaban J connectivity index is 1.66. The molecular weight excluding hydrogens is 308 g/mol. The molecule has 2 aromatic carbocycles. The predicted molar refractivity (Wildman–Crippen MR) is 89.2 cm³/mol. The Morgan fingerprint density at radius 3 is 2.62 bits per heavy atom. The van der Waals surface area contributed by atoms with Gasteiger partial charge in [0.1, 0.15) is 0 Å². The molecule has 6 nitrogen and oxygen atoms in total. The number of hydrogen-bond donors (Lipinski definition) is 2. The van der Waals surface area contributed by atoms with Gasteiger partial charge in [0.2, 0.25) is 5.91 Å². The monoisotopic (exact) mass is 324 g/mol. The Hall–Kier alpha value is -2.99. The van der Waals surface area contributed by atoms with Gasteiger partial charge in [-0.25, -0.2) is 0 Å². The molecule has 2 unspecified atom stereocenters. The maximum Gasteiger partial charge on any atom is 0.269 e. The first-order valence-electron chi connectivity index (χ1n) is 7.53. The van der Waals surface area contributed by atoms with Gasteiger partial charge in [-0.2, -0.15) is 0 Å². The summed E-state index contributed by atoms with van der Waals surface area (Å²) in [5, 5.41) is 23.5. The van der Waals surface area contributed by atoms with Crippen molar-refractivity contribution in [2.75, 3.05) is 0 Å². The van der Waals surface area contributed by atoms with Crippen LogP contribution < -0.4 is 5.32 Å². The highest BCUT2D eigenvalue weighted by Crippen LogP contribution is 2.31. The number of benzene rings is 2. The molecule has 122 valence electrons. The molecular formula is C18H16N2O4. The number of amides is 1. The number of nitro benzene ring substituents is 1. The fraction of sp³-hybridized carbons (Fsp3) is 0.167. The van der Waals surface area contributed by atoms with Crippen LogP contribution in [0.2, 0.25) is 0 Å². The first-order chi connectivity index (χ1) is 11.5. The lowest BCUT2D eigenvalue weighted by atomic mass is 10.1. The molecule has 1 aliphatic rings. The van der Waals surface area contributed by atoms with Crippen molar-refractivity contribution in [2.45, 2.75) is 18.6 Å². The van der Waals surface area contributed by atoms with E-state index in [0.717, 1.165) is 11.1 Å². The normalized spacial score (nSPS) is 19.2. The lowest BCUT2D eigenvalue weighted by Gasteiger charge is -2.16. The molecule has 1 aliphatic carbocycles. The van der Waals surface area contributed by atoms with Gasteiger partial charge in [0.25, 0.3) is 5.69 Å². The molecule has 6 heteroatoms. The van der Waals surface area contributed by atoms with Gasteiger partial charge >= 0.3 is 0 Å². The summed E-state index contributed by atoms with van der Waals surface area (Å²) in [4.78, 5) is 22.2. The topological polar surface area (TPSA) is 92.5 Å². The molecule has 3 rings (SSSR count). The summed E-state index contributed by atoms with van der Waals surface area (Å²) in [6, 6.07) is 13.1. The van der Waals surface area contributed by atoms with E-state index in [2.05, 4.69) is 5.32 Å². The van der Waals surface area contributed by atoms with Crippen LogP contribution in [0.25, 0.3) is 6.08 Å². The molecule has 24 heavy (non-hydrogen) atoms. The average Bonchev–Trinajstić information content (AvgIpc) is 2.89. The van der Waals surface area contributed by atoms with E-state index in [4.69, 9.17) is 0 Å². The second-order valence-electron chi connectivity index (χ2n) is 5.64. The van der Waals surface area contributed by atoms with Crippen LogP contribution in [0.15, 0.2) is 54.6 Å². The molecule has 0 spiro atoms. The molecule has 0 aliphatic heterocycles. The summed E-state index contributed by atoms with van der Waals surface area (Å²) in [6.07, 6.45) is 2.81. The van der Waals surface area contributed by atoms with Crippen molar-refractivity contribution < 1.29 is 14.8 Å². The number of carbonyl (C=O) groups is 1. The van der Waals surface area contributed by atoms with Crippen molar-refractivity contribution in [3.8, 4) is 0 Å². The van der Waals surface area contributed by atoms with Gasteiger partial charge in [-0.3, -0.25) is 14.9 Å². The fourth-order valence-electron chi connectivity index (χ4n) is 2.83. The number of aliphatic hydroxyl groups is 1. The third-order valence-electron chi connectivity index (χ3n) is 4.03. The molecule has 1 amide bonds. The van der Waals surface area contributed by atoms with Gasteiger partial charge in [0, 0.05) is 24.6 Å². The minimum Gasteiger partial charge on any atom is -0.390 e. The molecule has 0 bridgehead atoms. The van der Waals surface area contributed by atoms with Gasteiger partial charge in [-0.15, -0.1) is 0 Å². The zero-order chi connectivity index (χ0) is 17.1. The first-order valence-corrected chi connectivity index (χ1v) is 7.53. The lowest BCUT2D eigenvalue weighted by Crippen LogP contribution is -2.32. The van der Waals surface area contributed by atoms with E-state index in [1.807, 2.05) is 24.3 Å². The fourth-order valence-corrected chi connectivity index (χ4v) is 2.83. The molecule has 0 saturated heterocycles. The van der Waals surface area contributed by atoms with Crippen molar-refractivity contribution in [3.63, 3.8) is 0 Å². The highest BCUT2D eigenvalue weighted by atomic mass is 16.6. The molecule has 0 saturated carbocycles. The van der Waals surface area contributed by atoms with Crippen molar-refractivity contribution in [3.05, 3.63) is 81.4 Å². The Bertz CT molecular complexity index is 799. The van der Waals surface area contributed by atoms with E-state index in [1.165, 1.54) is 18.2 Å². The van der Waals surface area contributed by atoms with Crippen molar-refractivity contribution in [1.29, 1.82) is 0 Å². The standard InChI is InChI=1S/C18H16N2O4/c21-16-11-13-3-1-2-4-15(13)18(16)19-17(22)10-7-12-5-8-14(9-6-12)20(23)24/h1-10,16,18,21H,11H2,(H,19,22)/b10-7+. The van der Waals surface area contributed by atoms with Gasteiger partial charge in [0.15, 0.2) is 0 Å². The number of rotatable bonds is 4. The number of nitro groups is 1. The number of carbonyl (C=O) groups excluding carboxylic acids is 1. The van der Waals surface area contributed by atoms with Crippen LogP contribution in [0, 0.1) is 10.1 Å². The second-order valence-corrected chi connectivity index (χ2v) is 5.64. The zero-order valence-corrected chi connectivity index (χ0v) is 12.8. The Kier molecular flexibility index (Phi) is 4.39. The number of nitrogens with one attached hydrogen (secondary N) is 1. The van der Waals surface area contributed by atoms with Gasteiger partial charge < -0.3 is 10.4 Å². The summed E-state index contributed by atoms with van der Waals surface area (Å²) < 4.78 is 0. The van der Waals surface area contributed by atoms with Crippen LogP contribution in [-0.4, -0.2) is 22.0 Å². The smallest absolute Gasteiger partial charge is 0.269 e. The maximum absolute atomic E-state index is 12.1. The summed E-state index contributed by atoms with van der Waals surface area (Å²) in [5.41, 5.74) is 2.65. The molecule has 2 N–H and O–H groups in total. The van der Waals surface area contributed by atoms with Crippen molar-refractivity contribution in [1.82, 2.24) is 5.32 Å². The van der Waals surface area contributed by atoms with Gasteiger partial charge in [-0.1, -0.05) is 24.3 Å². The molecule has 2 atom stereocenters. The largest absolute Gasteiger partial charge is 0.390 e. The predicted octanol–water partition coefficient (Wildman–Crippen LogP) is 2.38. The molecule has 0 aromatic heterocycles. The third-order valence-corrected chi connectivity index (χ3v) is 4.03. The van der Waals surface area contributed by atoms with Crippen LogP contribution in [0.4, 0.5) is 5.69 Å². The molecule has 0 radical (unpaired) electrons. The van der Waals surface area contributed by atoms with E-state index in [1.54, 1.807) is 18.2 Å². The second kappa shape index (κ2) is 6.64. The number of fused-ring (bicyclic) bond motifs is 1. The Morgan fingerprint density at radius 2 is 1.92 bits per heavy atom. The summed E-state index contributed by atoms with van der Waals surface area (Å²) in [5.74, 6) is -0.325. The maximum atomic E-state index is 12.1.